The van der Waals surface area contributed by atoms with Gasteiger partial charge in [0.1, 0.15) is 6.61 Å². The monoisotopic (exact) mass is 351 g/mol. The second kappa shape index (κ2) is 6.58. The molecule has 0 aromatic heterocycles. The fraction of sp³-hybridized carbons (Fsp3) is 0.200. The molecule has 0 fully saturated rings. The molecule has 0 aliphatic carbocycles. The molecule has 5 nitrogen and oxygen atoms in total. The summed E-state index contributed by atoms with van der Waals surface area (Å²) >= 11 is 3.43. The molecule has 0 saturated carbocycles. The molecule has 0 saturated heterocycles. The number of hydrogen-bond acceptors (Lipinski definition) is 5. The van der Waals surface area contributed by atoms with Crippen LogP contribution in [0.5, 0.6) is 11.5 Å². The molecule has 0 unspecified atom stereocenters. The minimum absolute atomic E-state index is 0.369. The van der Waals surface area contributed by atoms with E-state index in [4.69, 9.17) is 9.47 Å². The van der Waals surface area contributed by atoms with E-state index >= 15 is 0 Å². The third-order valence-electron chi connectivity index (χ3n) is 2.78. The molecule has 21 heavy (non-hydrogen) atoms. The van der Waals surface area contributed by atoms with E-state index in [1.807, 2.05) is 6.07 Å². The van der Waals surface area contributed by atoms with Crippen molar-refractivity contribution in [2.24, 2.45) is 5.16 Å². The van der Waals surface area contributed by atoms with Crippen LogP contribution in [-0.4, -0.2) is 25.4 Å². The molecule has 1 aliphatic rings. The molecule has 1 heterocycles. The highest BCUT2D eigenvalue weighted by molar-refractivity contribution is 9.10. The smallest absolute Gasteiger partial charge is 0.367 e. The molecule has 1 aromatic carbocycles. The lowest BCUT2D eigenvalue weighted by Crippen LogP contribution is -2.02. The molecule has 6 heteroatoms. The second-order valence-corrected chi connectivity index (χ2v) is 5.10. The summed E-state index contributed by atoms with van der Waals surface area (Å²) in [5.74, 6) is 0.674. The predicted octanol–water partition coefficient (Wildman–Crippen LogP) is 3.34. The van der Waals surface area contributed by atoms with Crippen LogP contribution < -0.4 is 9.47 Å². The van der Waals surface area contributed by atoms with Gasteiger partial charge >= 0.3 is 5.97 Å². The van der Waals surface area contributed by atoms with E-state index in [0.29, 0.717) is 29.4 Å². The molecule has 1 aliphatic heterocycles. The van der Waals surface area contributed by atoms with Crippen LogP contribution in [0.3, 0.4) is 0 Å². The Morgan fingerprint density at radius 2 is 2.24 bits per heavy atom. The number of benzene rings is 1. The molecule has 0 radical (unpaired) electrons. The second-order valence-electron chi connectivity index (χ2n) is 4.25. The van der Waals surface area contributed by atoms with Crippen molar-refractivity contribution in [1.29, 1.82) is 0 Å². The molecular formula is C15H14BrNO4. The minimum atomic E-state index is -0.463. The van der Waals surface area contributed by atoms with Gasteiger partial charge in [-0.1, -0.05) is 17.8 Å². The van der Waals surface area contributed by atoms with Gasteiger partial charge in [-0.25, -0.2) is 4.79 Å². The van der Waals surface area contributed by atoms with E-state index in [9.17, 15) is 4.79 Å². The van der Waals surface area contributed by atoms with Gasteiger partial charge in [0.15, 0.2) is 11.5 Å². The van der Waals surface area contributed by atoms with Crippen molar-refractivity contribution in [2.45, 2.75) is 6.92 Å². The number of carbonyl (C=O) groups is 1. The third-order valence-corrected chi connectivity index (χ3v) is 3.37. The summed E-state index contributed by atoms with van der Waals surface area (Å²) in [6, 6.07) is 3.60. The normalized spacial score (nSPS) is 15.7. The van der Waals surface area contributed by atoms with Crippen molar-refractivity contribution in [2.75, 3.05) is 13.7 Å². The van der Waals surface area contributed by atoms with Gasteiger partial charge < -0.3 is 14.3 Å². The summed E-state index contributed by atoms with van der Waals surface area (Å²) in [6.45, 7) is 5.69. The molecule has 0 amide bonds. The SMILES string of the molecule is C=CCOc1c(Br)cc(C=C2C(=O)ON=C2C)cc1OC. The van der Waals surface area contributed by atoms with Gasteiger partial charge in [0, 0.05) is 0 Å². The van der Waals surface area contributed by atoms with Crippen LogP contribution in [-0.2, 0) is 9.63 Å². The third kappa shape index (κ3) is 3.33. The first kappa shape index (κ1) is 15.3. The molecule has 110 valence electrons. The van der Waals surface area contributed by atoms with E-state index in [1.54, 1.807) is 32.3 Å². The summed E-state index contributed by atoms with van der Waals surface area (Å²) in [6.07, 6.45) is 3.34. The van der Waals surface area contributed by atoms with Gasteiger partial charge in [0.05, 0.1) is 22.9 Å². The first-order chi connectivity index (χ1) is 10.1. The Bertz CT molecular complexity index is 649. The lowest BCUT2D eigenvalue weighted by molar-refractivity contribution is -0.136. The number of hydrogen-bond donors (Lipinski definition) is 0. The summed E-state index contributed by atoms with van der Waals surface area (Å²) in [5, 5.41) is 3.64. The highest BCUT2D eigenvalue weighted by atomic mass is 79.9. The van der Waals surface area contributed by atoms with Gasteiger partial charge in [-0.2, -0.15) is 0 Å². The zero-order chi connectivity index (χ0) is 15.4. The summed E-state index contributed by atoms with van der Waals surface area (Å²) in [5.41, 5.74) is 1.74. The number of rotatable bonds is 5. The highest BCUT2D eigenvalue weighted by Crippen LogP contribution is 2.37. The zero-order valence-corrected chi connectivity index (χ0v) is 13.3. The number of oxime groups is 1. The summed E-state index contributed by atoms with van der Waals surface area (Å²) < 4.78 is 11.6. The molecule has 1 aromatic rings. The highest BCUT2D eigenvalue weighted by Gasteiger charge is 2.22. The fourth-order valence-corrected chi connectivity index (χ4v) is 2.37. The summed E-state index contributed by atoms with van der Waals surface area (Å²) in [4.78, 5) is 16.2. The van der Waals surface area contributed by atoms with Gasteiger partial charge in [0.2, 0.25) is 0 Å². The number of ether oxygens (including phenoxy) is 2. The van der Waals surface area contributed by atoms with Crippen LogP contribution >= 0.6 is 15.9 Å². The molecular weight excluding hydrogens is 338 g/mol. The standard InChI is InChI=1S/C15H14BrNO4/c1-4-5-20-14-12(16)7-10(8-13(14)19-3)6-11-9(2)17-21-15(11)18/h4,6-8H,1,5H2,2-3H3. The van der Waals surface area contributed by atoms with Crippen molar-refractivity contribution in [1.82, 2.24) is 0 Å². The Kier molecular flexibility index (Phi) is 4.80. The van der Waals surface area contributed by atoms with Gasteiger partial charge in [-0.15, -0.1) is 0 Å². The van der Waals surface area contributed by atoms with E-state index in [2.05, 4.69) is 32.5 Å². The molecule has 0 bridgehead atoms. The summed E-state index contributed by atoms with van der Waals surface area (Å²) in [7, 11) is 1.55. The first-order valence-corrected chi connectivity index (χ1v) is 6.95. The van der Waals surface area contributed by atoms with Crippen molar-refractivity contribution in [3.05, 3.63) is 40.4 Å². The molecule has 0 spiro atoms. The molecule has 2 rings (SSSR count). The maximum Gasteiger partial charge on any atom is 0.367 e. The number of nitrogens with zero attached hydrogens (tertiary/aromatic N) is 1. The molecule has 0 atom stereocenters. The maximum atomic E-state index is 11.6. The quantitative estimate of drug-likeness (QED) is 0.463. The van der Waals surface area contributed by atoms with Crippen LogP contribution in [0, 0.1) is 0 Å². The molecule has 0 N–H and O–H groups in total. The zero-order valence-electron chi connectivity index (χ0n) is 11.7. The van der Waals surface area contributed by atoms with Crippen LogP contribution in [0.1, 0.15) is 12.5 Å². The van der Waals surface area contributed by atoms with Crippen LogP contribution in [0.2, 0.25) is 0 Å². The van der Waals surface area contributed by atoms with Crippen molar-refractivity contribution >= 4 is 33.7 Å². The van der Waals surface area contributed by atoms with E-state index < -0.39 is 5.97 Å². The Balaban J connectivity index is 2.41. The topological polar surface area (TPSA) is 57.1 Å². The van der Waals surface area contributed by atoms with Crippen molar-refractivity contribution in [3.8, 4) is 11.5 Å². The number of halogens is 1. The Hall–Kier alpha value is -2.08. The van der Waals surface area contributed by atoms with Crippen molar-refractivity contribution < 1.29 is 19.1 Å². The van der Waals surface area contributed by atoms with Crippen LogP contribution in [0.15, 0.2) is 40.0 Å². The average Bonchev–Trinajstić information content (AvgIpc) is 2.77. The first-order valence-electron chi connectivity index (χ1n) is 6.16. The van der Waals surface area contributed by atoms with Gasteiger partial charge in [-0.3, -0.25) is 0 Å². The predicted molar refractivity (Wildman–Crippen MR) is 83.6 cm³/mol. The van der Waals surface area contributed by atoms with Crippen molar-refractivity contribution in [3.63, 3.8) is 0 Å². The van der Waals surface area contributed by atoms with Crippen LogP contribution in [0.25, 0.3) is 6.08 Å². The largest absolute Gasteiger partial charge is 0.493 e. The van der Waals surface area contributed by atoms with Crippen LogP contribution in [0.4, 0.5) is 0 Å². The van der Waals surface area contributed by atoms with E-state index in [1.165, 1.54) is 0 Å². The lowest BCUT2D eigenvalue weighted by atomic mass is 10.1. The number of carbonyl (C=O) groups excluding carboxylic acids is 1. The van der Waals surface area contributed by atoms with Gasteiger partial charge in [-0.05, 0) is 46.6 Å². The Morgan fingerprint density at radius 1 is 1.48 bits per heavy atom. The van der Waals surface area contributed by atoms with E-state index in [-0.39, 0.29) is 0 Å². The fourth-order valence-electron chi connectivity index (χ4n) is 1.79. The minimum Gasteiger partial charge on any atom is -0.493 e. The maximum absolute atomic E-state index is 11.6. The van der Waals surface area contributed by atoms with E-state index in [0.717, 1.165) is 10.0 Å². The number of methoxy groups -OCH3 is 1. The van der Waals surface area contributed by atoms with Gasteiger partial charge in [0.25, 0.3) is 0 Å². The Morgan fingerprint density at radius 3 is 2.81 bits per heavy atom. The lowest BCUT2D eigenvalue weighted by Gasteiger charge is -2.12. The average molecular weight is 352 g/mol. The Labute approximate surface area is 131 Å².